The number of nitrogens with zero attached hydrogens (tertiary/aromatic N) is 1. The molecule has 1 aliphatic carbocycles. The molecule has 1 saturated carbocycles. The van der Waals surface area contributed by atoms with Gasteiger partial charge in [0.15, 0.2) is 0 Å². The van der Waals surface area contributed by atoms with Gasteiger partial charge in [0.05, 0.1) is 0 Å². The summed E-state index contributed by atoms with van der Waals surface area (Å²) < 4.78 is 0. The summed E-state index contributed by atoms with van der Waals surface area (Å²) in [6, 6.07) is 7.42. The maximum Gasteiger partial charge on any atom is 0.253 e. The van der Waals surface area contributed by atoms with Crippen LogP contribution in [0.4, 0.5) is 5.69 Å². The zero-order valence-electron chi connectivity index (χ0n) is 16.5. The standard InChI is InChI=1S/C22H33N3O2/c1-23-13-10-17-11-14-25(15-12-17)22(27)19-8-5-9-20(16-19)24-21(26)18-6-3-2-4-7-18/h5,8-9,16-18,23H,2-4,6-7,10-15H2,1H3,(H,24,26). The molecule has 0 spiro atoms. The van der Waals surface area contributed by atoms with Gasteiger partial charge in [-0.15, -0.1) is 0 Å². The zero-order valence-corrected chi connectivity index (χ0v) is 16.5. The molecule has 1 heterocycles. The van der Waals surface area contributed by atoms with Crippen LogP contribution in [0.1, 0.15) is 61.7 Å². The lowest BCUT2D eigenvalue weighted by Crippen LogP contribution is -2.39. The Labute approximate surface area is 162 Å². The highest BCUT2D eigenvalue weighted by molar-refractivity contribution is 5.97. The van der Waals surface area contributed by atoms with Gasteiger partial charge in [-0.1, -0.05) is 25.3 Å². The van der Waals surface area contributed by atoms with Crippen molar-refractivity contribution in [1.29, 1.82) is 0 Å². The molecule has 0 radical (unpaired) electrons. The molecule has 1 aliphatic heterocycles. The number of piperidine rings is 1. The fourth-order valence-corrected chi connectivity index (χ4v) is 4.29. The van der Waals surface area contributed by atoms with Gasteiger partial charge in [-0.3, -0.25) is 9.59 Å². The summed E-state index contributed by atoms with van der Waals surface area (Å²) in [6.07, 6.45) is 8.80. The number of benzene rings is 1. The number of hydrogen-bond acceptors (Lipinski definition) is 3. The number of likely N-dealkylation sites (tertiary alicyclic amines) is 1. The Morgan fingerprint density at radius 1 is 1.07 bits per heavy atom. The van der Waals surface area contributed by atoms with Crippen molar-refractivity contribution in [3.8, 4) is 0 Å². The van der Waals surface area contributed by atoms with E-state index in [0.717, 1.165) is 63.8 Å². The van der Waals surface area contributed by atoms with Crippen molar-refractivity contribution in [3.63, 3.8) is 0 Å². The van der Waals surface area contributed by atoms with E-state index in [4.69, 9.17) is 0 Å². The second-order valence-corrected chi connectivity index (χ2v) is 8.03. The topological polar surface area (TPSA) is 61.4 Å². The van der Waals surface area contributed by atoms with Crippen molar-refractivity contribution < 1.29 is 9.59 Å². The highest BCUT2D eigenvalue weighted by Gasteiger charge is 2.24. The van der Waals surface area contributed by atoms with Gasteiger partial charge in [-0.2, -0.15) is 0 Å². The number of rotatable bonds is 6. The minimum Gasteiger partial charge on any atom is -0.339 e. The summed E-state index contributed by atoms with van der Waals surface area (Å²) in [7, 11) is 1.98. The monoisotopic (exact) mass is 371 g/mol. The first kappa shape index (κ1) is 19.9. The molecule has 5 heteroatoms. The van der Waals surface area contributed by atoms with Gasteiger partial charge in [0.25, 0.3) is 5.91 Å². The second kappa shape index (κ2) is 9.88. The second-order valence-electron chi connectivity index (χ2n) is 8.03. The first-order chi connectivity index (χ1) is 13.2. The average molecular weight is 372 g/mol. The quantitative estimate of drug-likeness (QED) is 0.802. The summed E-state index contributed by atoms with van der Waals surface area (Å²) in [6.45, 7) is 2.69. The van der Waals surface area contributed by atoms with Crippen LogP contribution < -0.4 is 10.6 Å². The number of hydrogen-bond donors (Lipinski definition) is 2. The highest BCUT2D eigenvalue weighted by atomic mass is 16.2. The maximum absolute atomic E-state index is 12.9. The average Bonchev–Trinajstić information content (AvgIpc) is 2.73. The Bertz CT molecular complexity index is 632. The van der Waals surface area contributed by atoms with Crippen molar-refractivity contribution in [3.05, 3.63) is 29.8 Å². The number of nitrogens with one attached hydrogen (secondary N) is 2. The molecule has 1 aromatic carbocycles. The Kier molecular flexibility index (Phi) is 7.27. The molecule has 0 aromatic heterocycles. The summed E-state index contributed by atoms with van der Waals surface area (Å²) in [5.41, 5.74) is 1.41. The molecule has 2 fully saturated rings. The molecule has 2 amide bonds. The Morgan fingerprint density at radius 3 is 2.52 bits per heavy atom. The molecule has 1 saturated heterocycles. The lowest BCUT2D eigenvalue weighted by molar-refractivity contribution is -0.120. The summed E-state index contributed by atoms with van der Waals surface area (Å²) >= 11 is 0. The zero-order chi connectivity index (χ0) is 19.1. The van der Waals surface area contributed by atoms with Crippen LogP contribution in [0, 0.1) is 11.8 Å². The Balaban J connectivity index is 1.55. The van der Waals surface area contributed by atoms with E-state index < -0.39 is 0 Å². The third kappa shape index (κ3) is 5.55. The van der Waals surface area contributed by atoms with Crippen molar-refractivity contribution in [1.82, 2.24) is 10.2 Å². The molecule has 0 bridgehead atoms. The smallest absolute Gasteiger partial charge is 0.253 e. The lowest BCUT2D eigenvalue weighted by atomic mass is 9.88. The summed E-state index contributed by atoms with van der Waals surface area (Å²) in [5, 5.41) is 6.23. The predicted molar refractivity (Wildman–Crippen MR) is 109 cm³/mol. The first-order valence-electron chi connectivity index (χ1n) is 10.5. The van der Waals surface area contributed by atoms with Crippen LogP contribution in [0.2, 0.25) is 0 Å². The van der Waals surface area contributed by atoms with Crippen molar-refractivity contribution in [2.45, 2.75) is 51.4 Å². The summed E-state index contributed by atoms with van der Waals surface area (Å²) in [4.78, 5) is 27.3. The highest BCUT2D eigenvalue weighted by Crippen LogP contribution is 2.26. The van der Waals surface area contributed by atoms with Gasteiger partial charge >= 0.3 is 0 Å². The molecule has 148 valence electrons. The van der Waals surface area contributed by atoms with Crippen LogP contribution in [0.25, 0.3) is 0 Å². The molecule has 3 rings (SSSR count). The maximum atomic E-state index is 12.9. The number of carbonyl (C=O) groups is 2. The van der Waals surface area contributed by atoms with E-state index in [0.29, 0.717) is 11.5 Å². The molecule has 0 atom stereocenters. The van der Waals surface area contributed by atoms with Gasteiger partial charge in [-0.05, 0) is 69.8 Å². The van der Waals surface area contributed by atoms with Crippen LogP contribution in [0.3, 0.4) is 0 Å². The first-order valence-corrected chi connectivity index (χ1v) is 10.5. The van der Waals surface area contributed by atoms with E-state index in [-0.39, 0.29) is 17.7 Å². The minimum absolute atomic E-state index is 0.0795. The van der Waals surface area contributed by atoms with Gasteiger partial charge in [-0.25, -0.2) is 0 Å². The molecular weight excluding hydrogens is 338 g/mol. The van der Waals surface area contributed by atoms with Crippen molar-refractivity contribution in [2.24, 2.45) is 11.8 Å². The third-order valence-corrected chi connectivity index (χ3v) is 6.06. The van der Waals surface area contributed by atoms with Crippen LogP contribution in [0.15, 0.2) is 24.3 Å². The molecule has 0 unspecified atom stereocenters. The van der Waals surface area contributed by atoms with Crippen LogP contribution in [0.5, 0.6) is 0 Å². The van der Waals surface area contributed by atoms with Gasteiger partial charge in [0.1, 0.15) is 0 Å². The lowest BCUT2D eigenvalue weighted by Gasteiger charge is -2.32. The largest absolute Gasteiger partial charge is 0.339 e. The van der Waals surface area contributed by atoms with E-state index in [2.05, 4.69) is 10.6 Å². The van der Waals surface area contributed by atoms with Crippen molar-refractivity contribution in [2.75, 3.05) is 32.0 Å². The molecule has 2 aliphatic rings. The van der Waals surface area contributed by atoms with E-state index in [1.54, 1.807) is 0 Å². The number of anilines is 1. The van der Waals surface area contributed by atoms with Gasteiger partial charge in [0, 0.05) is 30.3 Å². The van der Waals surface area contributed by atoms with Crippen LogP contribution in [-0.2, 0) is 4.79 Å². The minimum atomic E-state index is 0.0795. The Hall–Kier alpha value is -1.88. The normalized spacial score (nSPS) is 19.1. The van der Waals surface area contributed by atoms with E-state index in [9.17, 15) is 9.59 Å². The fourth-order valence-electron chi connectivity index (χ4n) is 4.29. The van der Waals surface area contributed by atoms with Crippen LogP contribution in [-0.4, -0.2) is 43.4 Å². The Morgan fingerprint density at radius 2 is 1.81 bits per heavy atom. The summed E-state index contributed by atoms with van der Waals surface area (Å²) in [5.74, 6) is 1.01. The molecular formula is C22H33N3O2. The fraction of sp³-hybridized carbons (Fsp3) is 0.636. The number of amides is 2. The number of carbonyl (C=O) groups excluding carboxylic acids is 2. The van der Waals surface area contributed by atoms with E-state index >= 15 is 0 Å². The van der Waals surface area contributed by atoms with Gasteiger partial charge < -0.3 is 15.5 Å². The van der Waals surface area contributed by atoms with E-state index in [1.807, 2.05) is 36.2 Å². The third-order valence-electron chi connectivity index (χ3n) is 6.06. The SMILES string of the molecule is CNCCC1CCN(C(=O)c2cccc(NC(=O)C3CCCCC3)c2)CC1. The molecule has 27 heavy (non-hydrogen) atoms. The van der Waals surface area contributed by atoms with Crippen molar-refractivity contribution >= 4 is 17.5 Å². The predicted octanol–water partition coefficient (Wildman–Crippen LogP) is 3.67. The van der Waals surface area contributed by atoms with Gasteiger partial charge in [0.2, 0.25) is 5.91 Å². The molecule has 1 aromatic rings. The molecule has 2 N–H and O–H groups in total. The van der Waals surface area contributed by atoms with E-state index in [1.165, 1.54) is 12.8 Å². The van der Waals surface area contributed by atoms with Crippen LogP contribution >= 0.6 is 0 Å². The molecule has 5 nitrogen and oxygen atoms in total.